The molecule has 138 valence electrons. The summed E-state index contributed by atoms with van der Waals surface area (Å²) in [5.41, 5.74) is 7.90. The van der Waals surface area contributed by atoms with E-state index in [2.05, 4.69) is 15.1 Å². The van der Waals surface area contributed by atoms with Crippen LogP contribution in [0.4, 0.5) is 0 Å². The van der Waals surface area contributed by atoms with Crippen molar-refractivity contribution in [1.82, 2.24) is 9.99 Å². The molecule has 27 heavy (non-hydrogen) atoms. The predicted molar refractivity (Wildman–Crippen MR) is 111 cm³/mol. The molecule has 1 amide bonds. The molecule has 1 heterocycles. The molecule has 0 aliphatic heterocycles. The summed E-state index contributed by atoms with van der Waals surface area (Å²) in [6.07, 6.45) is 2.80. The van der Waals surface area contributed by atoms with Crippen molar-refractivity contribution in [3.05, 3.63) is 88.2 Å². The third-order valence-electron chi connectivity index (χ3n) is 4.43. The third kappa shape index (κ3) is 4.86. The summed E-state index contributed by atoms with van der Waals surface area (Å²) in [4.78, 5) is 12.0. The lowest BCUT2D eigenvalue weighted by molar-refractivity contribution is -0.121. The molecule has 0 saturated heterocycles. The summed E-state index contributed by atoms with van der Waals surface area (Å²) < 4.78 is 2.13. The van der Waals surface area contributed by atoms with E-state index in [0.29, 0.717) is 17.9 Å². The van der Waals surface area contributed by atoms with E-state index in [0.717, 1.165) is 28.2 Å². The Kier molecular flexibility index (Phi) is 6.09. The normalized spacial score (nSPS) is 11.1. The first-order valence-electron chi connectivity index (χ1n) is 8.85. The Bertz CT molecular complexity index is 944. The third-order valence-corrected chi connectivity index (χ3v) is 4.68. The summed E-state index contributed by atoms with van der Waals surface area (Å²) in [5.74, 6) is -0.0957. The van der Waals surface area contributed by atoms with Crippen molar-refractivity contribution in [2.75, 3.05) is 0 Å². The Morgan fingerprint density at radius 1 is 1.11 bits per heavy atom. The zero-order valence-corrected chi connectivity index (χ0v) is 16.2. The van der Waals surface area contributed by atoms with Gasteiger partial charge in [0, 0.05) is 34.1 Å². The Hall–Kier alpha value is -2.85. The minimum Gasteiger partial charge on any atom is -0.318 e. The van der Waals surface area contributed by atoms with Crippen LogP contribution in [0, 0.1) is 13.8 Å². The maximum atomic E-state index is 12.0. The fourth-order valence-electron chi connectivity index (χ4n) is 3.04. The molecule has 1 N–H and O–H groups in total. The standard InChI is InChI=1S/C22H22ClN3O/c1-16-14-19(17(2)26(16)21-11-9-20(23)10-12-21)15-24-25-22(27)13-8-18-6-4-3-5-7-18/h3-7,9-12,14-15H,8,13H2,1-2H3,(H,25,27)/b24-15-. The minimum atomic E-state index is -0.0957. The molecular formula is C22H22ClN3O. The van der Waals surface area contributed by atoms with E-state index >= 15 is 0 Å². The number of hydrazone groups is 1. The number of amides is 1. The van der Waals surface area contributed by atoms with Gasteiger partial charge in [0.15, 0.2) is 0 Å². The molecule has 0 spiro atoms. The van der Waals surface area contributed by atoms with Gasteiger partial charge in [0.05, 0.1) is 6.21 Å². The number of nitrogens with zero attached hydrogens (tertiary/aromatic N) is 2. The molecule has 3 aromatic rings. The van der Waals surface area contributed by atoms with Gasteiger partial charge in [-0.15, -0.1) is 0 Å². The lowest BCUT2D eigenvalue weighted by atomic mass is 10.1. The zero-order chi connectivity index (χ0) is 19.2. The van der Waals surface area contributed by atoms with Crippen LogP contribution in [-0.2, 0) is 11.2 Å². The maximum absolute atomic E-state index is 12.0. The van der Waals surface area contributed by atoms with Crippen LogP contribution in [0.3, 0.4) is 0 Å². The van der Waals surface area contributed by atoms with Gasteiger partial charge in [-0.2, -0.15) is 5.10 Å². The van der Waals surface area contributed by atoms with Crippen LogP contribution in [0.2, 0.25) is 5.02 Å². The number of carbonyl (C=O) groups excluding carboxylic acids is 1. The number of halogens is 1. The fraction of sp³-hybridized carbons (Fsp3) is 0.182. The van der Waals surface area contributed by atoms with Crippen molar-refractivity contribution in [3.8, 4) is 5.69 Å². The number of hydrogen-bond acceptors (Lipinski definition) is 2. The van der Waals surface area contributed by atoms with Gasteiger partial charge in [0.2, 0.25) is 5.91 Å². The monoisotopic (exact) mass is 379 g/mol. The highest BCUT2D eigenvalue weighted by Gasteiger charge is 2.09. The average molecular weight is 380 g/mol. The molecule has 0 fully saturated rings. The number of rotatable bonds is 6. The highest BCUT2D eigenvalue weighted by Crippen LogP contribution is 2.21. The number of aryl methyl sites for hydroxylation is 2. The van der Waals surface area contributed by atoms with Gasteiger partial charge in [-0.3, -0.25) is 4.79 Å². The molecule has 0 atom stereocenters. The van der Waals surface area contributed by atoms with Gasteiger partial charge >= 0.3 is 0 Å². The Morgan fingerprint density at radius 3 is 2.52 bits per heavy atom. The highest BCUT2D eigenvalue weighted by molar-refractivity contribution is 6.30. The zero-order valence-electron chi connectivity index (χ0n) is 15.4. The molecule has 0 bridgehead atoms. The number of aromatic nitrogens is 1. The molecule has 0 radical (unpaired) electrons. The first-order chi connectivity index (χ1) is 13.0. The summed E-state index contributed by atoms with van der Waals surface area (Å²) in [6, 6.07) is 19.7. The van der Waals surface area contributed by atoms with E-state index in [-0.39, 0.29) is 5.91 Å². The molecular weight excluding hydrogens is 358 g/mol. The van der Waals surface area contributed by atoms with E-state index in [1.807, 2.05) is 74.5 Å². The Balaban J connectivity index is 1.63. The second kappa shape index (κ2) is 8.69. The van der Waals surface area contributed by atoms with Gasteiger partial charge < -0.3 is 4.57 Å². The quantitative estimate of drug-likeness (QED) is 0.484. The van der Waals surface area contributed by atoms with E-state index in [9.17, 15) is 4.79 Å². The van der Waals surface area contributed by atoms with Crippen LogP contribution in [0.25, 0.3) is 5.69 Å². The number of carbonyl (C=O) groups is 1. The van der Waals surface area contributed by atoms with Crippen molar-refractivity contribution < 1.29 is 4.79 Å². The lowest BCUT2D eigenvalue weighted by Gasteiger charge is -2.09. The van der Waals surface area contributed by atoms with Gasteiger partial charge in [-0.1, -0.05) is 41.9 Å². The second-order valence-electron chi connectivity index (χ2n) is 6.42. The highest BCUT2D eigenvalue weighted by atomic mass is 35.5. The first kappa shape index (κ1) is 18.9. The van der Waals surface area contributed by atoms with E-state index in [4.69, 9.17) is 11.6 Å². The molecule has 3 rings (SSSR count). The van der Waals surface area contributed by atoms with Crippen molar-refractivity contribution in [2.45, 2.75) is 26.7 Å². The number of benzene rings is 2. The molecule has 0 aliphatic rings. The van der Waals surface area contributed by atoms with Crippen molar-refractivity contribution >= 4 is 23.7 Å². The molecule has 0 unspecified atom stereocenters. The van der Waals surface area contributed by atoms with E-state index in [1.54, 1.807) is 6.21 Å². The average Bonchev–Trinajstić information content (AvgIpc) is 2.95. The minimum absolute atomic E-state index is 0.0957. The van der Waals surface area contributed by atoms with E-state index < -0.39 is 0 Å². The van der Waals surface area contributed by atoms with Crippen LogP contribution in [0.1, 0.15) is 28.9 Å². The van der Waals surface area contributed by atoms with Crippen LogP contribution in [0.15, 0.2) is 65.8 Å². The van der Waals surface area contributed by atoms with Gasteiger partial charge in [-0.25, -0.2) is 5.43 Å². The maximum Gasteiger partial charge on any atom is 0.240 e. The van der Waals surface area contributed by atoms with E-state index in [1.165, 1.54) is 0 Å². The second-order valence-corrected chi connectivity index (χ2v) is 6.85. The molecule has 1 aromatic heterocycles. The van der Waals surface area contributed by atoms with Crippen molar-refractivity contribution in [1.29, 1.82) is 0 Å². The Labute approximate surface area is 164 Å². The van der Waals surface area contributed by atoms with Crippen LogP contribution >= 0.6 is 11.6 Å². The van der Waals surface area contributed by atoms with Crippen molar-refractivity contribution in [3.63, 3.8) is 0 Å². The van der Waals surface area contributed by atoms with Crippen molar-refractivity contribution in [2.24, 2.45) is 5.10 Å². The fourth-order valence-corrected chi connectivity index (χ4v) is 3.16. The van der Waals surface area contributed by atoms with Gasteiger partial charge in [-0.05, 0) is 56.2 Å². The van der Waals surface area contributed by atoms with Crippen LogP contribution < -0.4 is 5.43 Å². The SMILES string of the molecule is Cc1cc(/C=N\NC(=O)CCc2ccccc2)c(C)n1-c1ccc(Cl)cc1. The molecule has 4 nitrogen and oxygen atoms in total. The smallest absolute Gasteiger partial charge is 0.240 e. The largest absolute Gasteiger partial charge is 0.318 e. The summed E-state index contributed by atoms with van der Waals surface area (Å²) in [7, 11) is 0. The predicted octanol–water partition coefficient (Wildman–Crippen LogP) is 4.83. The summed E-state index contributed by atoms with van der Waals surface area (Å²) in [6.45, 7) is 4.07. The number of nitrogens with one attached hydrogen (secondary N) is 1. The molecule has 0 aliphatic carbocycles. The first-order valence-corrected chi connectivity index (χ1v) is 9.23. The number of hydrogen-bond donors (Lipinski definition) is 1. The van der Waals surface area contributed by atoms with Crippen LogP contribution in [-0.4, -0.2) is 16.7 Å². The lowest BCUT2D eigenvalue weighted by Crippen LogP contribution is -2.17. The molecule has 5 heteroatoms. The summed E-state index contributed by atoms with van der Waals surface area (Å²) >= 11 is 5.98. The van der Waals surface area contributed by atoms with Gasteiger partial charge in [0.25, 0.3) is 0 Å². The molecule has 2 aromatic carbocycles. The molecule has 0 saturated carbocycles. The Morgan fingerprint density at radius 2 is 1.81 bits per heavy atom. The van der Waals surface area contributed by atoms with Crippen LogP contribution in [0.5, 0.6) is 0 Å². The summed E-state index contributed by atoms with van der Waals surface area (Å²) in [5, 5.41) is 4.83. The van der Waals surface area contributed by atoms with Gasteiger partial charge in [0.1, 0.15) is 0 Å². The topological polar surface area (TPSA) is 46.4 Å².